The van der Waals surface area contributed by atoms with Gasteiger partial charge in [0, 0.05) is 37.1 Å². The van der Waals surface area contributed by atoms with E-state index in [-0.39, 0.29) is 5.92 Å². The summed E-state index contributed by atoms with van der Waals surface area (Å²) in [5, 5.41) is 7.13. The molecule has 4 atom stereocenters. The summed E-state index contributed by atoms with van der Waals surface area (Å²) in [6.07, 6.45) is 7.21. The van der Waals surface area contributed by atoms with Crippen molar-refractivity contribution in [2.24, 2.45) is 22.2 Å². The molecular formula is C18H31N3O3S. The highest BCUT2D eigenvalue weighted by molar-refractivity contribution is 7.91. The van der Waals surface area contributed by atoms with Crippen LogP contribution in [0.1, 0.15) is 45.4 Å². The standard InChI is InChI=1S/C18H31N3O3S/c1-2-8-19-17(20-11-13-5-10-25(22,23)12-13)21-15-14-4-9-24-16(14)18(15)6-3-7-18/h13-16H,2-12H2,1H3,(H2,19,20,21). The monoisotopic (exact) mass is 369 g/mol. The number of aliphatic imine (C=N–C) groups is 1. The molecule has 0 radical (unpaired) electrons. The summed E-state index contributed by atoms with van der Waals surface area (Å²) < 4.78 is 29.3. The molecule has 142 valence electrons. The van der Waals surface area contributed by atoms with Crippen molar-refractivity contribution in [3.63, 3.8) is 0 Å². The molecule has 1 spiro atoms. The fourth-order valence-corrected chi connectivity index (χ4v) is 7.08. The number of nitrogens with zero attached hydrogens (tertiary/aromatic N) is 1. The van der Waals surface area contributed by atoms with Gasteiger partial charge in [0.15, 0.2) is 15.8 Å². The van der Waals surface area contributed by atoms with E-state index >= 15 is 0 Å². The van der Waals surface area contributed by atoms with E-state index in [0.717, 1.165) is 38.4 Å². The van der Waals surface area contributed by atoms with Gasteiger partial charge in [0.05, 0.1) is 17.6 Å². The largest absolute Gasteiger partial charge is 0.377 e. The van der Waals surface area contributed by atoms with Crippen LogP contribution in [0.4, 0.5) is 0 Å². The fourth-order valence-electron chi connectivity index (χ4n) is 5.24. The molecule has 4 rings (SSSR count). The maximum absolute atomic E-state index is 11.7. The van der Waals surface area contributed by atoms with E-state index in [0.29, 0.717) is 41.5 Å². The number of rotatable bonds is 5. The minimum Gasteiger partial charge on any atom is -0.377 e. The molecule has 0 aromatic carbocycles. The lowest BCUT2D eigenvalue weighted by molar-refractivity contribution is -0.171. The number of sulfone groups is 1. The summed E-state index contributed by atoms with van der Waals surface area (Å²) in [7, 11) is -2.83. The summed E-state index contributed by atoms with van der Waals surface area (Å²) >= 11 is 0. The van der Waals surface area contributed by atoms with Gasteiger partial charge in [0.25, 0.3) is 0 Å². The first-order valence-electron chi connectivity index (χ1n) is 9.91. The quantitative estimate of drug-likeness (QED) is 0.564. The minimum atomic E-state index is -2.83. The number of hydrogen-bond donors (Lipinski definition) is 2. The first kappa shape index (κ1) is 17.6. The second kappa shape index (κ2) is 6.72. The van der Waals surface area contributed by atoms with Crippen LogP contribution in [0.25, 0.3) is 0 Å². The fraction of sp³-hybridized carbons (Fsp3) is 0.944. The normalized spacial score (nSPS) is 38.0. The third kappa shape index (κ3) is 3.18. The van der Waals surface area contributed by atoms with Crippen LogP contribution in [0.5, 0.6) is 0 Å². The molecule has 6 nitrogen and oxygen atoms in total. The van der Waals surface area contributed by atoms with Crippen LogP contribution in [0.15, 0.2) is 4.99 Å². The van der Waals surface area contributed by atoms with Crippen molar-refractivity contribution in [1.82, 2.24) is 10.6 Å². The SMILES string of the molecule is CCCNC(=NCC1CCS(=O)(=O)C1)NC1C2CCOC2C12CCC2. The number of ether oxygens (including phenoxy) is 1. The summed E-state index contributed by atoms with van der Waals surface area (Å²) in [6, 6.07) is 0.462. The average molecular weight is 370 g/mol. The Bertz CT molecular complexity index is 629. The van der Waals surface area contributed by atoms with Crippen molar-refractivity contribution in [3.8, 4) is 0 Å². The van der Waals surface area contributed by atoms with Crippen LogP contribution in [0.3, 0.4) is 0 Å². The molecule has 2 heterocycles. The van der Waals surface area contributed by atoms with Crippen LogP contribution >= 0.6 is 0 Å². The molecule has 0 amide bonds. The number of fused-ring (bicyclic) bond motifs is 2. The Morgan fingerprint density at radius 1 is 1.32 bits per heavy atom. The molecule has 4 aliphatic rings. The van der Waals surface area contributed by atoms with E-state index in [1.807, 2.05) is 0 Å². The molecule has 2 saturated heterocycles. The molecule has 2 aliphatic carbocycles. The van der Waals surface area contributed by atoms with Crippen LogP contribution in [0.2, 0.25) is 0 Å². The van der Waals surface area contributed by atoms with Crippen molar-refractivity contribution in [2.75, 3.05) is 31.2 Å². The zero-order valence-corrected chi connectivity index (χ0v) is 16.0. The van der Waals surface area contributed by atoms with Crippen molar-refractivity contribution < 1.29 is 13.2 Å². The lowest BCUT2D eigenvalue weighted by Crippen LogP contribution is -2.72. The average Bonchev–Trinajstić information content (AvgIpc) is 3.09. The van der Waals surface area contributed by atoms with Crippen molar-refractivity contribution >= 4 is 15.8 Å². The third-order valence-electron chi connectivity index (χ3n) is 6.71. The number of hydrogen-bond acceptors (Lipinski definition) is 4. The van der Waals surface area contributed by atoms with Gasteiger partial charge in [0.1, 0.15) is 0 Å². The summed E-state index contributed by atoms with van der Waals surface area (Å²) in [6.45, 7) is 4.53. The molecule has 2 N–H and O–H groups in total. The van der Waals surface area contributed by atoms with Crippen molar-refractivity contribution in [1.29, 1.82) is 0 Å². The van der Waals surface area contributed by atoms with Gasteiger partial charge in [-0.1, -0.05) is 13.3 Å². The minimum absolute atomic E-state index is 0.173. The lowest BCUT2D eigenvalue weighted by atomic mass is 9.46. The first-order valence-corrected chi connectivity index (χ1v) is 11.7. The molecule has 7 heteroatoms. The first-order chi connectivity index (χ1) is 12.0. The van der Waals surface area contributed by atoms with Crippen molar-refractivity contribution in [3.05, 3.63) is 0 Å². The van der Waals surface area contributed by atoms with Gasteiger partial charge >= 0.3 is 0 Å². The molecule has 0 bridgehead atoms. The van der Waals surface area contributed by atoms with E-state index in [1.54, 1.807) is 0 Å². The van der Waals surface area contributed by atoms with Crippen LogP contribution in [-0.2, 0) is 14.6 Å². The van der Waals surface area contributed by atoms with E-state index in [1.165, 1.54) is 19.3 Å². The van der Waals surface area contributed by atoms with Crippen molar-refractivity contribution in [2.45, 2.75) is 57.6 Å². The molecule has 0 aromatic heterocycles. The Kier molecular flexibility index (Phi) is 4.73. The van der Waals surface area contributed by atoms with Gasteiger partial charge in [-0.15, -0.1) is 0 Å². The van der Waals surface area contributed by atoms with Crippen LogP contribution < -0.4 is 10.6 Å². The zero-order valence-electron chi connectivity index (χ0n) is 15.2. The molecule has 25 heavy (non-hydrogen) atoms. The van der Waals surface area contributed by atoms with E-state index in [2.05, 4.69) is 17.6 Å². The van der Waals surface area contributed by atoms with Gasteiger partial charge in [-0.05, 0) is 38.0 Å². The molecule has 4 unspecified atom stereocenters. The number of guanidine groups is 1. The molecule has 4 fully saturated rings. The second-order valence-corrected chi connectivity index (χ2v) is 10.6. The molecule has 2 aliphatic heterocycles. The molecule has 0 aromatic rings. The summed E-state index contributed by atoms with van der Waals surface area (Å²) in [5.41, 5.74) is 0.326. The van der Waals surface area contributed by atoms with E-state index in [4.69, 9.17) is 9.73 Å². The van der Waals surface area contributed by atoms with Gasteiger partial charge in [-0.3, -0.25) is 4.99 Å². The maximum atomic E-state index is 11.7. The smallest absolute Gasteiger partial charge is 0.191 e. The predicted octanol–water partition coefficient (Wildman–Crippen LogP) is 1.32. The van der Waals surface area contributed by atoms with Gasteiger partial charge < -0.3 is 15.4 Å². The predicted molar refractivity (Wildman–Crippen MR) is 98.4 cm³/mol. The molecule has 2 saturated carbocycles. The third-order valence-corrected chi connectivity index (χ3v) is 8.54. The van der Waals surface area contributed by atoms with Gasteiger partial charge in [-0.25, -0.2) is 8.42 Å². The Morgan fingerprint density at radius 2 is 2.16 bits per heavy atom. The highest BCUT2D eigenvalue weighted by atomic mass is 32.2. The Morgan fingerprint density at radius 3 is 2.80 bits per heavy atom. The number of nitrogens with one attached hydrogen (secondary N) is 2. The maximum Gasteiger partial charge on any atom is 0.191 e. The Balaban J connectivity index is 1.41. The summed E-state index contributed by atoms with van der Waals surface area (Å²) in [5.74, 6) is 2.27. The Labute approximate surface area is 151 Å². The highest BCUT2D eigenvalue weighted by Crippen LogP contribution is 2.62. The molecular weight excluding hydrogens is 338 g/mol. The van der Waals surface area contributed by atoms with Crippen LogP contribution in [0, 0.1) is 17.3 Å². The van der Waals surface area contributed by atoms with Gasteiger partial charge in [-0.2, -0.15) is 0 Å². The second-order valence-electron chi connectivity index (χ2n) is 8.34. The zero-order chi connectivity index (χ0) is 17.5. The topological polar surface area (TPSA) is 79.8 Å². The van der Waals surface area contributed by atoms with Gasteiger partial charge in [0.2, 0.25) is 0 Å². The van der Waals surface area contributed by atoms with Crippen LogP contribution in [-0.4, -0.2) is 57.7 Å². The lowest BCUT2D eigenvalue weighted by Gasteiger charge is -2.63. The van der Waals surface area contributed by atoms with E-state index < -0.39 is 9.84 Å². The highest BCUT2D eigenvalue weighted by Gasteiger charge is 2.66. The summed E-state index contributed by atoms with van der Waals surface area (Å²) in [4.78, 5) is 4.76. The Hall–Kier alpha value is -0.820. The van der Waals surface area contributed by atoms with E-state index in [9.17, 15) is 8.42 Å².